The van der Waals surface area contributed by atoms with Gasteiger partial charge in [-0.15, -0.1) is 0 Å². The van der Waals surface area contributed by atoms with Gasteiger partial charge in [0.25, 0.3) is 0 Å². The van der Waals surface area contributed by atoms with Crippen LogP contribution in [-0.2, 0) is 15.3 Å². The number of fused-ring (bicyclic) bond motifs is 3. The SMILES string of the molecule is COC1(OC)c2ccccc2-c2cc(Br)ccc21. The zero-order valence-electron chi connectivity index (χ0n) is 10.2. The van der Waals surface area contributed by atoms with Crippen LogP contribution in [0.15, 0.2) is 46.9 Å². The Morgan fingerprint density at radius 3 is 2.28 bits per heavy atom. The Kier molecular flexibility index (Phi) is 2.77. The molecule has 0 unspecified atom stereocenters. The fourth-order valence-electron chi connectivity index (χ4n) is 2.70. The Balaban J connectivity index is 2.38. The molecule has 0 heterocycles. The molecule has 92 valence electrons. The lowest BCUT2D eigenvalue weighted by Gasteiger charge is -2.28. The number of ether oxygens (including phenoxy) is 2. The Morgan fingerprint density at radius 2 is 1.56 bits per heavy atom. The largest absolute Gasteiger partial charge is 0.346 e. The van der Waals surface area contributed by atoms with Gasteiger partial charge in [-0.2, -0.15) is 0 Å². The highest BCUT2D eigenvalue weighted by molar-refractivity contribution is 9.10. The number of hydrogen-bond donors (Lipinski definition) is 0. The molecule has 2 nitrogen and oxygen atoms in total. The lowest BCUT2D eigenvalue weighted by molar-refractivity contribution is -0.180. The molecule has 1 aliphatic carbocycles. The molecule has 0 spiro atoms. The summed E-state index contributed by atoms with van der Waals surface area (Å²) in [6.07, 6.45) is 0. The predicted molar refractivity (Wildman–Crippen MR) is 74.4 cm³/mol. The first-order chi connectivity index (χ1) is 8.73. The number of methoxy groups -OCH3 is 2. The molecule has 0 N–H and O–H groups in total. The van der Waals surface area contributed by atoms with Gasteiger partial charge in [0.1, 0.15) is 0 Å². The highest BCUT2D eigenvalue weighted by Crippen LogP contribution is 2.50. The standard InChI is InChI=1S/C15H13BrO2/c1-17-15(18-2)13-6-4-3-5-11(13)12-9-10(16)7-8-14(12)15/h3-9H,1-2H3. The van der Waals surface area contributed by atoms with Crippen molar-refractivity contribution in [1.82, 2.24) is 0 Å². The van der Waals surface area contributed by atoms with Gasteiger partial charge in [-0.1, -0.05) is 46.3 Å². The highest BCUT2D eigenvalue weighted by Gasteiger charge is 2.43. The average Bonchev–Trinajstić information content (AvgIpc) is 2.69. The summed E-state index contributed by atoms with van der Waals surface area (Å²) in [4.78, 5) is 0. The maximum absolute atomic E-state index is 5.70. The Bertz CT molecular complexity index is 603. The van der Waals surface area contributed by atoms with Crippen LogP contribution in [0.4, 0.5) is 0 Å². The molecule has 0 fully saturated rings. The van der Waals surface area contributed by atoms with Crippen molar-refractivity contribution >= 4 is 15.9 Å². The minimum absolute atomic E-state index is 0.785. The summed E-state index contributed by atoms with van der Waals surface area (Å²) in [5, 5.41) is 0. The summed E-state index contributed by atoms with van der Waals surface area (Å²) in [6.45, 7) is 0. The number of hydrogen-bond acceptors (Lipinski definition) is 2. The zero-order valence-corrected chi connectivity index (χ0v) is 11.8. The first-order valence-corrected chi connectivity index (χ1v) is 6.52. The minimum Gasteiger partial charge on any atom is -0.346 e. The number of halogens is 1. The fraction of sp³-hybridized carbons (Fsp3) is 0.200. The van der Waals surface area contributed by atoms with Crippen LogP contribution in [0.5, 0.6) is 0 Å². The molecule has 0 amide bonds. The van der Waals surface area contributed by atoms with E-state index in [2.05, 4.69) is 34.1 Å². The van der Waals surface area contributed by atoms with Crippen LogP contribution in [-0.4, -0.2) is 14.2 Å². The van der Waals surface area contributed by atoms with Gasteiger partial charge in [0.15, 0.2) is 0 Å². The highest BCUT2D eigenvalue weighted by atomic mass is 79.9. The first-order valence-electron chi connectivity index (χ1n) is 5.73. The Hall–Kier alpha value is -1.16. The molecule has 0 bridgehead atoms. The van der Waals surface area contributed by atoms with E-state index in [-0.39, 0.29) is 0 Å². The van der Waals surface area contributed by atoms with E-state index in [0.29, 0.717) is 0 Å². The lowest BCUT2D eigenvalue weighted by atomic mass is 10.0. The van der Waals surface area contributed by atoms with Gasteiger partial charge in [0.05, 0.1) is 0 Å². The third kappa shape index (κ3) is 1.41. The van der Waals surface area contributed by atoms with E-state index in [0.717, 1.165) is 26.7 Å². The third-order valence-electron chi connectivity index (χ3n) is 3.48. The normalized spacial score (nSPS) is 15.3. The summed E-state index contributed by atoms with van der Waals surface area (Å²) in [7, 11) is 3.36. The van der Waals surface area contributed by atoms with Crippen molar-refractivity contribution in [2.24, 2.45) is 0 Å². The van der Waals surface area contributed by atoms with Gasteiger partial charge in [0, 0.05) is 29.8 Å². The van der Waals surface area contributed by atoms with E-state index in [1.54, 1.807) is 14.2 Å². The molecule has 0 radical (unpaired) electrons. The van der Waals surface area contributed by atoms with Gasteiger partial charge in [-0.25, -0.2) is 0 Å². The molecular weight excluding hydrogens is 292 g/mol. The van der Waals surface area contributed by atoms with Crippen LogP contribution < -0.4 is 0 Å². The molecule has 0 atom stereocenters. The fourth-order valence-corrected chi connectivity index (χ4v) is 3.06. The third-order valence-corrected chi connectivity index (χ3v) is 3.98. The topological polar surface area (TPSA) is 18.5 Å². The molecule has 0 aromatic heterocycles. The van der Waals surface area contributed by atoms with Crippen LogP contribution >= 0.6 is 15.9 Å². The van der Waals surface area contributed by atoms with Crippen LogP contribution in [0, 0.1) is 0 Å². The van der Waals surface area contributed by atoms with Crippen molar-refractivity contribution in [2.45, 2.75) is 5.79 Å². The quantitative estimate of drug-likeness (QED) is 0.783. The maximum Gasteiger partial charge on any atom is 0.223 e. The number of rotatable bonds is 2. The summed E-state index contributed by atoms with van der Waals surface area (Å²) in [5.74, 6) is -0.785. The molecule has 0 saturated heterocycles. The van der Waals surface area contributed by atoms with E-state index >= 15 is 0 Å². The molecule has 1 aliphatic rings. The molecular formula is C15H13BrO2. The maximum atomic E-state index is 5.70. The van der Waals surface area contributed by atoms with Crippen molar-refractivity contribution in [2.75, 3.05) is 14.2 Å². The molecule has 2 aromatic rings. The van der Waals surface area contributed by atoms with Crippen molar-refractivity contribution in [3.05, 3.63) is 58.1 Å². The smallest absolute Gasteiger partial charge is 0.223 e. The molecule has 0 aliphatic heterocycles. The molecule has 3 rings (SSSR count). The van der Waals surface area contributed by atoms with Crippen LogP contribution in [0.1, 0.15) is 11.1 Å². The summed E-state index contributed by atoms with van der Waals surface area (Å²) in [6, 6.07) is 14.4. The monoisotopic (exact) mass is 304 g/mol. The van der Waals surface area contributed by atoms with E-state index in [1.165, 1.54) is 0 Å². The van der Waals surface area contributed by atoms with Gasteiger partial charge in [0.2, 0.25) is 5.79 Å². The summed E-state index contributed by atoms with van der Waals surface area (Å²) < 4.78 is 12.5. The molecule has 18 heavy (non-hydrogen) atoms. The minimum atomic E-state index is -0.785. The van der Waals surface area contributed by atoms with Crippen LogP contribution in [0.3, 0.4) is 0 Å². The van der Waals surface area contributed by atoms with E-state index in [4.69, 9.17) is 9.47 Å². The Morgan fingerprint density at radius 1 is 0.889 bits per heavy atom. The summed E-state index contributed by atoms with van der Waals surface area (Å²) in [5.41, 5.74) is 4.43. The molecule has 2 aromatic carbocycles. The second-order valence-corrected chi connectivity index (χ2v) is 5.18. The van der Waals surface area contributed by atoms with Crippen LogP contribution in [0.2, 0.25) is 0 Å². The van der Waals surface area contributed by atoms with Crippen LogP contribution in [0.25, 0.3) is 11.1 Å². The number of benzene rings is 2. The molecule has 3 heteroatoms. The lowest BCUT2D eigenvalue weighted by Crippen LogP contribution is -2.29. The van der Waals surface area contributed by atoms with Gasteiger partial charge < -0.3 is 9.47 Å². The van der Waals surface area contributed by atoms with Crippen molar-refractivity contribution in [3.63, 3.8) is 0 Å². The second-order valence-electron chi connectivity index (χ2n) is 4.26. The van der Waals surface area contributed by atoms with Crippen molar-refractivity contribution < 1.29 is 9.47 Å². The van der Waals surface area contributed by atoms with Crippen molar-refractivity contribution in [1.29, 1.82) is 0 Å². The Labute approximate surface area is 115 Å². The molecule has 0 saturated carbocycles. The predicted octanol–water partition coefficient (Wildman–Crippen LogP) is 3.92. The second kappa shape index (κ2) is 4.19. The van der Waals surface area contributed by atoms with Gasteiger partial charge in [-0.05, 0) is 23.3 Å². The van der Waals surface area contributed by atoms with Crippen molar-refractivity contribution in [3.8, 4) is 11.1 Å². The van der Waals surface area contributed by atoms with Gasteiger partial charge in [-0.3, -0.25) is 0 Å². The van der Waals surface area contributed by atoms with Gasteiger partial charge >= 0.3 is 0 Å². The average molecular weight is 305 g/mol. The summed E-state index contributed by atoms with van der Waals surface area (Å²) >= 11 is 3.52. The van der Waals surface area contributed by atoms with E-state index in [9.17, 15) is 0 Å². The van der Waals surface area contributed by atoms with E-state index in [1.807, 2.05) is 24.3 Å². The zero-order chi connectivity index (χ0) is 12.8. The van der Waals surface area contributed by atoms with E-state index < -0.39 is 5.79 Å². The first kappa shape index (κ1) is 11.9.